The topological polar surface area (TPSA) is 65.2 Å². The molecule has 20 heavy (non-hydrogen) atoms. The molecule has 0 unspecified atom stereocenters. The van der Waals surface area contributed by atoms with Crippen molar-refractivity contribution in [1.82, 2.24) is 15.2 Å². The molecule has 0 saturated carbocycles. The smallest absolute Gasteiger partial charge is 0.292 e. The molecule has 5 heteroatoms. The molecule has 0 radical (unpaired) electrons. The first-order valence-corrected chi connectivity index (χ1v) is 6.63. The van der Waals surface area contributed by atoms with Crippen molar-refractivity contribution in [3.05, 3.63) is 36.0 Å². The number of amides is 1. The van der Waals surface area contributed by atoms with E-state index in [1.54, 1.807) is 6.20 Å². The van der Waals surface area contributed by atoms with Crippen LogP contribution >= 0.6 is 0 Å². The highest BCUT2D eigenvalue weighted by molar-refractivity contribution is 6.44. The van der Waals surface area contributed by atoms with Crippen LogP contribution in [0.5, 0.6) is 0 Å². The molecule has 0 aliphatic heterocycles. The fraction of sp³-hybridized carbons (Fsp3) is 0.333. The van der Waals surface area contributed by atoms with E-state index in [0.717, 1.165) is 23.9 Å². The van der Waals surface area contributed by atoms with Crippen LogP contribution in [0.1, 0.15) is 16.8 Å². The van der Waals surface area contributed by atoms with Gasteiger partial charge in [0.05, 0.1) is 5.56 Å². The zero-order valence-corrected chi connectivity index (χ0v) is 11.8. The van der Waals surface area contributed by atoms with Crippen molar-refractivity contribution in [2.45, 2.75) is 6.42 Å². The lowest BCUT2D eigenvalue weighted by Crippen LogP contribution is -2.32. The maximum absolute atomic E-state index is 12.1. The highest BCUT2D eigenvalue weighted by Crippen LogP contribution is 2.17. The zero-order valence-electron chi connectivity index (χ0n) is 11.8. The number of fused-ring (bicyclic) bond motifs is 1. The van der Waals surface area contributed by atoms with Crippen molar-refractivity contribution in [3.8, 4) is 0 Å². The predicted molar refractivity (Wildman–Crippen MR) is 78.8 cm³/mol. The Morgan fingerprint density at radius 1 is 1.25 bits per heavy atom. The number of Topliss-reactive ketones (excluding diaryl/α,β-unsaturated/α-hetero) is 1. The average Bonchev–Trinajstić information content (AvgIpc) is 2.86. The number of carbonyl (C=O) groups is 2. The van der Waals surface area contributed by atoms with Gasteiger partial charge in [-0.05, 0) is 33.1 Å². The minimum atomic E-state index is -0.548. The van der Waals surface area contributed by atoms with E-state index < -0.39 is 11.7 Å². The first-order valence-electron chi connectivity index (χ1n) is 6.63. The van der Waals surface area contributed by atoms with Crippen LogP contribution in [0.4, 0.5) is 0 Å². The summed E-state index contributed by atoms with van der Waals surface area (Å²) in [5.41, 5.74) is 1.28. The number of hydrogen-bond acceptors (Lipinski definition) is 3. The molecule has 5 nitrogen and oxygen atoms in total. The quantitative estimate of drug-likeness (QED) is 0.475. The molecule has 1 heterocycles. The second-order valence-corrected chi connectivity index (χ2v) is 4.99. The summed E-state index contributed by atoms with van der Waals surface area (Å²) in [5, 5.41) is 3.44. The van der Waals surface area contributed by atoms with Crippen LogP contribution in [-0.4, -0.2) is 48.8 Å². The van der Waals surface area contributed by atoms with E-state index >= 15 is 0 Å². The first kappa shape index (κ1) is 14.3. The van der Waals surface area contributed by atoms with Crippen molar-refractivity contribution >= 4 is 22.6 Å². The Morgan fingerprint density at radius 2 is 2.00 bits per heavy atom. The van der Waals surface area contributed by atoms with Gasteiger partial charge in [0.25, 0.3) is 11.7 Å². The highest BCUT2D eigenvalue weighted by Gasteiger charge is 2.19. The number of benzene rings is 1. The molecule has 2 N–H and O–H groups in total. The first-order chi connectivity index (χ1) is 9.59. The molecule has 0 bridgehead atoms. The van der Waals surface area contributed by atoms with Gasteiger partial charge in [-0.15, -0.1) is 0 Å². The van der Waals surface area contributed by atoms with Crippen LogP contribution in [0.2, 0.25) is 0 Å². The lowest BCUT2D eigenvalue weighted by atomic mass is 10.1. The average molecular weight is 273 g/mol. The van der Waals surface area contributed by atoms with E-state index in [2.05, 4.69) is 10.3 Å². The summed E-state index contributed by atoms with van der Waals surface area (Å²) in [7, 11) is 3.94. The molecule has 0 atom stereocenters. The fourth-order valence-corrected chi connectivity index (χ4v) is 2.06. The Morgan fingerprint density at radius 3 is 2.75 bits per heavy atom. The number of rotatable bonds is 6. The van der Waals surface area contributed by atoms with E-state index in [9.17, 15) is 9.59 Å². The standard InChI is InChI=1S/C15H19N3O2/c1-18(2)9-5-8-16-15(20)14(19)12-10-17-13-7-4-3-6-11(12)13/h3-4,6-7,10,17H,5,8-9H2,1-2H3,(H,16,20). The second kappa shape index (κ2) is 6.34. The normalized spacial score (nSPS) is 10.9. The largest absolute Gasteiger partial charge is 0.360 e. The highest BCUT2D eigenvalue weighted by atomic mass is 16.2. The van der Waals surface area contributed by atoms with Crippen LogP contribution in [0, 0.1) is 0 Å². The molecule has 0 aliphatic carbocycles. The third-order valence-electron chi connectivity index (χ3n) is 3.11. The second-order valence-electron chi connectivity index (χ2n) is 4.99. The molecule has 0 spiro atoms. The lowest BCUT2D eigenvalue weighted by Gasteiger charge is -2.09. The molecule has 1 aromatic carbocycles. The predicted octanol–water partition coefficient (Wildman–Crippen LogP) is 1.42. The Bertz CT molecular complexity index is 616. The fourth-order valence-electron chi connectivity index (χ4n) is 2.06. The third-order valence-corrected chi connectivity index (χ3v) is 3.11. The molecule has 0 saturated heterocycles. The third kappa shape index (κ3) is 3.24. The summed E-state index contributed by atoms with van der Waals surface area (Å²) >= 11 is 0. The van der Waals surface area contributed by atoms with E-state index in [1.165, 1.54) is 0 Å². The van der Waals surface area contributed by atoms with Crippen LogP contribution < -0.4 is 5.32 Å². The monoisotopic (exact) mass is 273 g/mol. The van der Waals surface area contributed by atoms with Crippen molar-refractivity contribution in [1.29, 1.82) is 0 Å². The number of nitrogens with one attached hydrogen (secondary N) is 2. The summed E-state index contributed by atoms with van der Waals surface area (Å²) in [6.07, 6.45) is 2.41. The van der Waals surface area contributed by atoms with Crippen LogP contribution in [0.15, 0.2) is 30.5 Å². The van der Waals surface area contributed by atoms with Gasteiger partial charge >= 0.3 is 0 Å². The number of H-pyrrole nitrogens is 1. The zero-order chi connectivity index (χ0) is 14.5. The van der Waals surface area contributed by atoms with Gasteiger partial charge in [-0.1, -0.05) is 18.2 Å². The van der Waals surface area contributed by atoms with Gasteiger partial charge in [-0.25, -0.2) is 0 Å². The van der Waals surface area contributed by atoms with Gasteiger partial charge in [0.1, 0.15) is 0 Å². The van der Waals surface area contributed by atoms with Gasteiger partial charge in [0.15, 0.2) is 0 Å². The lowest BCUT2D eigenvalue weighted by molar-refractivity contribution is -0.117. The summed E-state index contributed by atoms with van der Waals surface area (Å²) in [6.45, 7) is 1.38. The maximum Gasteiger partial charge on any atom is 0.292 e. The maximum atomic E-state index is 12.1. The van der Waals surface area contributed by atoms with Crippen molar-refractivity contribution < 1.29 is 9.59 Å². The van der Waals surface area contributed by atoms with Crippen LogP contribution in [0.25, 0.3) is 10.9 Å². The Balaban J connectivity index is 1.98. The van der Waals surface area contributed by atoms with Crippen molar-refractivity contribution in [2.75, 3.05) is 27.2 Å². The molecular formula is C15H19N3O2. The summed E-state index contributed by atoms with van der Waals surface area (Å²) < 4.78 is 0. The number of nitrogens with zero attached hydrogens (tertiary/aromatic N) is 1. The van der Waals surface area contributed by atoms with Crippen LogP contribution in [-0.2, 0) is 4.79 Å². The van der Waals surface area contributed by atoms with Gasteiger partial charge < -0.3 is 15.2 Å². The van der Waals surface area contributed by atoms with Crippen LogP contribution in [0.3, 0.4) is 0 Å². The Hall–Kier alpha value is -2.14. The van der Waals surface area contributed by atoms with Gasteiger partial charge in [0.2, 0.25) is 0 Å². The Kier molecular flexibility index (Phi) is 4.53. The molecule has 2 aromatic rings. The minimum absolute atomic E-state index is 0.422. The molecule has 1 aromatic heterocycles. The van der Waals surface area contributed by atoms with E-state index in [4.69, 9.17) is 0 Å². The van der Waals surface area contributed by atoms with E-state index in [0.29, 0.717) is 12.1 Å². The van der Waals surface area contributed by atoms with Gasteiger partial charge in [-0.3, -0.25) is 9.59 Å². The summed E-state index contributed by atoms with van der Waals surface area (Å²) in [6, 6.07) is 7.44. The minimum Gasteiger partial charge on any atom is -0.360 e. The molecule has 0 aliphatic rings. The molecular weight excluding hydrogens is 254 g/mol. The summed E-state index contributed by atoms with van der Waals surface area (Å²) in [5.74, 6) is -1.04. The SMILES string of the molecule is CN(C)CCCNC(=O)C(=O)c1c[nH]c2ccccc12. The molecule has 2 rings (SSSR count). The van der Waals surface area contributed by atoms with Gasteiger partial charge in [0, 0.05) is 23.6 Å². The van der Waals surface area contributed by atoms with Gasteiger partial charge in [-0.2, -0.15) is 0 Å². The molecule has 106 valence electrons. The molecule has 1 amide bonds. The number of aromatic nitrogens is 1. The number of para-hydroxylation sites is 1. The van der Waals surface area contributed by atoms with E-state index in [-0.39, 0.29) is 0 Å². The van der Waals surface area contributed by atoms with Crippen molar-refractivity contribution in [3.63, 3.8) is 0 Å². The number of hydrogen-bond donors (Lipinski definition) is 2. The number of carbonyl (C=O) groups excluding carboxylic acids is 2. The summed E-state index contributed by atoms with van der Waals surface area (Å²) in [4.78, 5) is 29.0. The van der Waals surface area contributed by atoms with E-state index in [1.807, 2.05) is 43.3 Å². The number of aromatic amines is 1. The van der Waals surface area contributed by atoms with Crippen molar-refractivity contribution in [2.24, 2.45) is 0 Å². The Labute approximate surface area is 118 Å². The number of ketones is 1. The molecule has 0 fully saturated rings.